The molecule has 0 radical (unpaired) electrons. The molecule has 0 aromatic carbocycles. The molecule has 152 valence electrons. The van der Waals surface area contributed by atoms with Gasteiger partial charge in [-0.2, -0.15) is 0 Å². The molecule has 1 aromatic heterocycles. The number of ether oxygens (including phenoxy) is 1. The molecule has 4 heteroatoms. The van der Waals surface area contributed by atoms with E-state index >= 15 is 0 Å². The summed E-state index contributed by atoms with van der Waals surface area (Å²) in [5.74, 6) is 2.37. The maximum absolute atomic E-state index is 11.3. The van der Waals surface area contributed by atoms with Gasteiger partial charge in [0, 0.05) is 53.9 Å². The third-order valence-electron chi connectivity index (χ3n) is 7.70. The van der Waals surface area contributed by atoms with E-state index < -0.39 is 5.79 Å². The fourth-order valence-electron chi connectivity index (χ4n) is 5.61. The lowest BCUT2D eigenvalue weighted by Gasteiger charge is -2.44. The molecule has 4 nitrogen and oxygen atoms in total. The highest BCUT2D eigenvalue weighted by Crippen LogP contribution is 2.64. The van der Waals surface area contributed by atoms with Crippen molar-refractivity contribution >= 4 is 5.71 Å². The lowest BCUT2D eigenvalue weighted by molar-refractivity contribution is -0.251. The van der Waals surface area contributed by atoms with Crippen LogP contribution in [-0.2, 0) is 4.74 Å². The van der Waals surface area contributed by atoms with Gasteiger partial charge < -0.3 is 14.8 Å². The standard InChI is InChI=1S/C24H34N2O2/c1-5-9-23(10-11-23)16-28-22(3,27)20-7-6-18(15-24(20)12-13-24)21(25-4)19-8-14-26-17(19)2/h1,8,14,18,20,26-27H,6-7,9-13,15-16H2,2-4H3. The van der Waals surface area contributed by atoms with Gasteiger partial charge >= 0.3 is 0 Å². The molecule has 2 N–H and O–H groups in total. The van der Waals surface area contributed by atoms with Crippen LogP contribution in [0, 0.1) is 41.9 Å². The SMILES string of the molecule is C#CCC1(COC(C)(O)C2CCC(C(=NC)c3cc[nH]c3C)CC23CC3)CC1. The second-order valence-electron chi connectivity index (χ2n) is 9.74. The van der Waals surface area contributed by atoms with Crippen LogP contribution in [0.2, 0.25) is 0 Å². The van der Waals surface area contributed by atoms with Crippen LogP contribution in [0.5, 0.6) is 0 Å². The Balaban J connectivity index is 1.45. The maximum atomic E-state index is 11.3. The number of hydrogen-bond donors (Lipinski definition) is 2. The van der Waals surface area contributed by atoms with Gasteiger partial charge in [0.15, 0.2) is 5.79 Å². The molecule has 0 saturated heterocycles. The predicted molar refractivity (Wildman–Crippen MR) is 112 cm³/mol. The monoisotopic (exact) mass is 382 g/mol. The van der Waals surface area contributed by atoms with Crippen LogP contribution in [0.1, 0.15) is 69.5 Å². The first kappa shape index (κ1) is 19.7. The Bertz CT molecular complexity index is 790. The fraction of sp³-hybridized carbons (Fsp3) is 0.708. The Hall–Kier alpha value is -1.57. The van der Waals surface area contributed by atoms with Gasteiger partial charge in [0.2, 0.25) is 0 Å². The number of hydrogen-bond acceptors (Lipinski definition) is 3. The first-order chi connectivity index (χ1) is 13.3. The van der Waals surface area contributed by atoms with E-state index in [9.17, 15) is 5.11 Å². The lowest BCUT2D eigenvalue weighted by atomic mass is 9.66. The van der Waals surface area contributed by atoms with E-state index in [1.54, 1.807) is 0 Å². The van der Waals surface area contributed by atoms with E-state index in [0.29, 0.717) is 12.5 Å². The molecule has 1 heterocycles. The highest BCUT2D eigenvalue weighted by atomic mass is 16.6. The number of rotatable bonds is 7. The lowest BCUT2D eigenvalue weighted by Crippen LogP contribution is -2.47. The summed E-state index contributed by atoms with van der Waals surface area (Å²) in [6.07, 6.45) is 16.0. The minimum absolute atomic E-state index is 0.125. The van der Waals surface area contributed by atoms with Gasteiger partial charge in [0.25, 0.3) is 0 Å². The predicted octanol–water partition coefficient (Wildman–Crippen LogP) is 4.47. The Morgan fingerprint density at radius 2 is 2.14 bits per heavy atom. The normalized spacial score (nSPS) is 29.9. The van der Waals surface area contributed by atoms with Gasteiger partial charge in [-0.15, -0.1) is 12.3 Å². The van der Waals surface area contributed by atoms with E-state index in [4.69, 9.17) is 11.2 Å². The first-order valence-corrected chi connectivity index (χ1v) is 10.8. The summed E-state index contributed by atoms with van der Waals surface area (Å²) < 4.78 is 6.16. The number of aryl methyl sites for hydroxylation is 1. The zero-order valence-electron chi connectivity index (χ0n) is 17.6. The van der Waals surface area contributed by atoms with Crippen molar-refractivity contribution in [1.29, 1.82) is 0 Å². The second-order valence-corrected chi connectivity index (χ2v) is 9.74. The zero-order chi connectivity index (χ0) is 20.0. The van der Waals surface area contributed by atoms with Crippen LogP contribution in [0.4, 0.5) is 0 Å². The Labute approximate surface area is 169 Å². The van der Waals surface area contributed by atoms with Gasteiger partial charge in [-0.1, -0.05) is 0 Å². The molecule has 4 rings (SSSR count). The van der Waals surface area contributed by atoms with Crippen molar-refractivity contribution in [3.8, 4) is 12.3 Å². The van der Waals surface area contributed by atoms with Crippen LogP contribution in [0.15, 0.2) is 17.3 Å². The van der Waals surface area contributed by atoms with Gasteiger partial charge in [-0.05, 0) is 70.3 Å². The van der Waals surface area contributed by atoms with Crippen LogP contribution in [0.3, 0.4) is 0 Å². The van der Waals surface area contributed by atoms with Crippen molar-refractivity contribution in [1.82, 2.24) is 4.98 Å². The number of terminal acetylenes is 1. The van der Waals surface area contributed by atoms with Crippen molar-refractivity contribution < 1.29 is 9.84 Å². The Morgan fingerprint density at radius 3 is 2.68 bits per heavy atom. The van der Waals surface area contributed by atoms with E-state index in [-0.39, 0.29) is 16.7 Å². The summed E-state index contributed by atoms with van der Waals surface area (Å²) in [6.45, 7) is 4.58. The topological polar surface area (TPSA) is 57.6 Å². The number of H-pyrrole nitrogens is 1. The number of aliphatic imine (C=N–C) groups is 1. The number of nitrogens with zero attached hydrogens (tertiary/aromatic N) is 1. The van der Waals surface area contributed by atoms with E-state index in [1.165, 1.54) is 29.8 Å². The van der Waals surface area contributed by atoms with Gasteiger partial charge in [0.05, 0.1) is 6.61 Å². The molecule has 0 amide bonds. The van der Waals surface area contributed by atoms with Crippen LogP contribution < -0.4 is 0 Å². The number of aromatic amines is 1. The van der Waals surface area contributed by atoms with Crippen LogP contribution in [0.25, 0.3) is 0 Å². The van der Waals surface area contributed by atoms with E-state index in [2.05, 4.69) is 28.9 Å². The zero-order valence-corrected chi connectivity index (χ0v) is 17.6. The molecule has 3 saturated carbocycles. The molecule has 3 aliphatic rings. The molecule has 0 bridgehead atoms. The van der Waals surface area contributed by atoms with Crippen molar-refractivity contribution in [2.24, 2.45) is 27.7 Å². The molecule has 1 spiro atoms. The second kappa shape index (κ2) is 7.04. The van der Waals surface area contributed by atoms with Crippen LogP contribution in [-0.4, -0.2) is 35.2 Å². The molecule has 28 heavy (non-hydrogen) atoms. The number of nitrogens with one attached hydrogen (secondary N) is 1. The number of aromatic nitrogens is 1. The summed E-state index contributed by atoms with van der Waals surface area (Å²) in [7, 11) is 1.91. The third-order valence-corrected chi connectivity index (χ3v) is 7.70. The highest BCUT2D eigenvalue weighted by molar-refractivity contribution is 6.03. The summed E-state index contributed by atoms with van der Waals surface area (Å²) in [4.78, 5) is 7.96. The van der Waals surface area contributed by atoms with Crippen molar-refractivity contribution in [2.75, 3.05) is 13.7 Å². The average Bonchev–Trinajstić information content (AvgIpc) is 3.56. The van der Waals surface area contributed by atoms with E-state index in [0.717, 1.165) is 38.5 Å². The average molecular weight is 383 g/mol. The van der Waals surface area contributed by atoms with E-state index in [1.807, 2.05) is 20.2 Å². The summed E-state index contributed by atoms with van der Waals surface area (Å²) in [5, 5.41) is 11.3. The fourth-order valence-corrected chi connectivity index (χ4v) is 5.61. The molecule has 1 aromatic rings. The van der Waals surface area contributed by atoms with Crippen molar-refractivity contribution in [3.63, 3.8) is 0 Å². The highest BCUT2D eigenvalue weighted by Gasteiger charge is 2.59. The smallest absolute Gasteiger partial charge is 0.165 e. The maximum Gasteiger partial charge on any atom is 0.165 e. The molecule has 3 unspecified atom stereocenters. The summed E-state index contributed by atoms with van der Waals surface area (Å²) in [5.41, 5.74) is 3.98. The molecule has 0 aliphatic heterocycles. The van der Waals surface area contributed by atoms with Crippen molar-refractivity contribution in [2.45, 2.75) is 71.0 Å². The largest absolute Gasteiger partial charge is 0.365 e. The summed E-state index contributed by atoms with van der Waals surface area (Å²) >= 11 is 0. The quantitative estimate of drug-likeness (QED) is 0.415. The minimum atomic E-state index is -1.07. The number of aliphatic hydroxyl groups is 1. The third kappa shape index (κ3) is 3.55. The summed E-state index contributed by atoms with van der Waals surface area (Å²) in [6, 6.07) is 2.14. The molecular formula is C24H34N2O2. The Kier molecular flexibility index (Phi) is 4.96. The molecule has 3 fully saturated rings. The molecular weight excluding hydrogens is 348 g/mol. The first-order valence-electron chi connectivity index (χ1n) is 10.8. The molecule has 3 aliphatic carbocycles. The minimum Gasteiger partial charge on any atom is -0.365 e. The van der Waals surface area contributed by atoms with Crippen LogP contribution >= 0.6 is 0 Å². The van der Waals surface area contributed by atoms with Gasteiger partial charge in [-0.25, -0.2) is 0 Å². The molecule has 3 atom stereocenters. The van der Waals surface area contributed by atoms with Gasteiger partial charge in [0.1, 0.15) is 0 Å². The van der Waals surface area contributed by atoms with Crippen molar-refractivity contribution in [3.05, 3.63) is 23.5 Å². The Morgan fingerprint density at radius 1 is 1.39 bits per heavy atom. The van der Waals surface area contributed by atoms with Gasteiger partial charge in [-0.3, -0.25) is 4.99 Å².